The first-order valence-corrected chi connectivity index (χ1v) is 18.3. The number of carbonyl (C=O) groups excluding carboxylic acids is 1. The van der Waals surface area contributed by atoms with Crippen molar-refractivity contribution in [2.75, 3.05) is 19.8 Å². The van der Waals surface area contributed by atoms with E-state index in [0.717, 1.165) is 6.92 Å². The Bertz CT molecular complexity index is 1290. The molecule has 0 bridgehead atoms. The maximum atomic E-state index is 12.0. The first-order valence-electron chi connectivity index (χ1n) is 18.3. The average molecular weight is 838 g/mol. The summed E-state index contributed by atoms with van der Waals surface area (Å²) in [5, 5.41) is 150. The van der Waals surface area contributed by atoms with Crippen LogP contribution in [0, 0.1) is 0 Å². The van der Waals surface area contributed by atoms with E-state index in [9.17, 15) is 76.3 Å². The quantitative estimate of drug-likeness (QED) is 0.0867. The molecule has 5 aliphatic heterocycles. The summed E-state index contributed by atoms with van der Waals surface area (Å²) in [5.74, 6) is -0.683. The molecule has 15 N–H and O–H groups in total. The molecule has 0 spiro atoms. The third kappa shape index (κ3) is 9.71. The molecule has 57 heavy (non-hydrogen) atoms. The average Bonchev–Trinajstić information content (AvgIpc) is 3.17. The smallest absolute Gasteiger partial charge is 0.217 e. The predicted molar refractivity (Wildman–Crippen MR) is 175 cm³/mol. The molecule has 332 valence electrons. The van der Waals surface area contributed by atoms with Crippen molar-refractivity contribution in [2.45, 2.75) is 174 Å². The van der Waals surface area contributed by atoms with Gasteiger partial charge in [-0.05, 0) is 13.8 Å². The maximum Gasteiger partial charge on any atom is 0.217 e. The van der Waals surface area contributed by atoms with Crippen molar-refractivity contribution in [3.63, 3.8) is 0 Å². The largest absolute Gasteiger partial charge is 0.394 e. The SMILES string of the molecule is CC(=O)N[C@@H]1[C@@H](O[C@@H]2O[C@@H](C)[C@H](O)[C@@H](O[C@@H]3O[C@@H](C)[C@H](O)[C@@H](O[C@@H]4O[C@H](CO)[C@@H](O)[C@H](O)[C@H]4O)[C@H]3O[C@@H]3O[C@H](CO)[C@@H](O)[C@H](O)[C@H]3O)[C@H]2O)[C@H](O)[C@@H](CO)O[C@H]1O. The molecule has 0 aromatic rings. The summed E-state index contributed by atoms with van der Waals surface area (Å²) in [6.45, 7) is 1.22. The predicted octanol–water partition coefficient (Wildman–Crippen LogP) is -9.73. The van der Waals surface area contributed by atoms with Crippen LogP contribution in [0.15, 0.2) is 0 Å². The van der Waals surface area contributed by atoms with Gasteiger partial charge in [-0.3, -0.25) is 4.79 Å². The van der Waals surface area contributed by atoms with Crippen molar-refractivity contribution in [3.05, 3.63) is 0 Å². The van der Waals surface area contributed by atoms with Crippen LogP contribution in [0.25, 0.3) is 0 Å². The highest BCUT2D eigenvalue weighted by Gasteiger charge is 2.57. The van der Waals surface area contributed by atoms with Gasteiger partial charge in [0.25, 0.3) is 0 Å². The summed E-state index contributed by atoms with van der Waals surface area (Å²) in [4.78, 5) is 12.0. The van der Waals surface area contributed by atoms with E-state index >= 15 is 0 Å². The van der Waals surface area contributed by atoms with Gasteiger partial charge < -0.3 is 119 Å². The number of rotatable bonds is 12. The first-order chi connectivity index (χ1) is 26.8. The van der Waals surface area contributed by atoms with Gasteiger partial charge in [-0.15, -0.1) is 0 Å². The molecular weight excluding hydrogens is 782 g/mol. The van der Waals surface area contributed by atoms with Gasteiger partial charge >= 0.3 is 0 Å². The zero-order valence-electron chi connectivity index (χ0n) is 30.9. The van der Waals surface area contributed by atoms with E-state index in [1.54, 1.807) is 0 Å². The lowest BCUT2D eigenvalue weighted by atomic mass is 9.95. The molecule has 5 aliphatic rings. The van der Waals surface area contributed by atoms with Crippen molar-refractivity contribution in [3.8, 4) is 0 Å². The molecule has 5 rings (SSSR count). The number of aliphatic hydroxyl groups excluding tert-OH is 14. The van der Waals surface area contributed by atoms with E-state index in [4.69, 9.17) is 42.6 Å². The normalized spacial score (nSPS) is 52.3. The second kappa shape index (κ2) is 19.5. The number of nitrogens with one attached hydrogen (secondary N) is 1. The van der Waals surface area contributed by atoms with E-state index in [1.807, 2.05) is 0 Å². The van der Waals surface area contributed by atoms with Gasteiger partial charge in [-0.1, -0.05) is 0 Å². The van der Waals surface area contributed by atoms with Crippen molar-refractivity contribution in [2.24, 2.45) is 0 Å². The topological polar surface area (TPSA) is 395 Å². The second-order valence-corrected chi connectivity index (χ2v) is 14.7. The highest BCUT2D eigenvalue weighted by Crippen LogP contribution is 2.37. The maximum absolute atomic E-state index is 12.0. The van der Waals surface area contributed by atoms with Crippen LogP contribution < -0.4 is 5.32 Å². The van der Waals surface area contributed by atoms with Crippen LogP contribution >= 0.6 is 0 Å². The van der Waals surface area contributed by atoms with Gasteiger partial charge in [0.2, 0.25) is 5.91 Å². The summed E-state index contributed by atoms with van der Waals surface area (Å²) in [6.07, 6.45) is -42.4. The van der Waals surface area contributed by atoms with Crippen LogP contribution in [0.1, 0.15) is 20.8 Å². The van der Waals surface area contributed by atoms with Crippen LogP contribution in [0.3, 0.4) is 0 Å². The summed E-state index contributed by atoms with van der Waals surface area (Å²) in [7, 11) is 0. The van der Waals surface area contributed by atoms with E-state index in [-0.39, 0.29) is 0 Å². The molecule has 0 unspecified atom stereocenters. The number of aliphatic hydroxyl groups is 14. The lowest BCUT2D eigenvalue weighted by Gasteiger charge is -2.50. The third-order valence-corrected chi connectivity index (χ3v) is 10.6. The number of amides is 1. The van der Waals surface area contributed by atoms with Gasteiger partial charge in [0, 0.05) is 6.92 Å². The molecule has 0 aromatic heterocycles. The monoisotopic (exact) mass is 837 g/mol. The first kappa shape index (κ1) is 46.6. The van der Waals surface area contributed by atoms with Crippen LogP contribution in [0.4, 0.5) is 0 Å². The number of carbonyl (C=O) groups is 1. The molecule has 5 fully saturated rings. The van der Waals surface area contributed by atoms with Crippen LogP contribution in [-0.2, 0) is 47.4 Å². The molecule has 5 saturated heterocycles. The summed E-state index contributed by atoms with van der Waals surface area (Å²) >= 11 is 0. The highest BCUT2D eigenvalue weighted by molar-refractivity contribution is 5.73. The third-order valence-electron chi connectivity index (χ3n) is 10.6. The molecule has 0 saturated carbocycles. The van der Waals surface area contributed by atoms with Crippen molar-refractivity contribution >= 4 is 5.91 Å². The molecule has 0 radical (unpaired) electrons. The van der Waals surface area contributed by atoms with Crippen LogP contribution in [-0.4, -0.2) is 251 Å². The molecule has 1 amide bonds. The number of hydrogen-bond acceptors (Lipinski definition) is 24. The fourth-order valence-electron chi connectivity index (χ4n) is 7.28. The van der Waals surface area contributed by atoms with E-state index in [2.05, 4.69) is 5.32 Å². The highest BCUT2D eigenvalue weighted by atomic mass is 16.8. The van der Waals surface area contributed by atoms with Crippen LogP contribution in [0.2, 0.25) is 0 Å². The molecule has 25 atom stereocenters. The Kier molecular flexibility index (Phi) is 16.0. The minimum atomic E-state index is -2.05. The van der Waals surface area contributed by atoms with E-state index < -0.39 is 179 Å². The molecule has 5 heterocycles. The standard InChI is InChI=1S/C32H55NO24/c1-7-14(38)25(23(47)31(49-7)54-24-13(33-9(3)37)28(48)51-12(6-36)18(24)42)55-32-27(57-30-22(46)20(44)17(41)11(5-35)53-30)26(15(39)8(2)50-32)56-29-21(45)19(43)16(40)10(4-34)52-29/h7-8,10-32,34-36,38-48H,4-6H2,1-3H3,(H,33,37)/t7-,8-,10+,11+,12+,13+,14-,15-,16+,17+,18+,19-,20-,21+,22+,23+,24+,25+,26+,27+,28+,29-,30-,31-,32-/m0/s1. The summed E-state index contributed by atoms with van der Waals surface area (Å²) < 4.78 is 51.5. The Labute approximate surface area is 324 Å². The molecule has 25 nitrogen and oxygen atoms in total. The molecule has 0 aliphatic carbocycles. The Morgan fingerprint density at radius 2 is 0.860 bits per heavy atom. The Hall–Kier alpha value is -1.45. The summed E-state index contributed by atoms with van der Waals surface area (Å²) in [6, 6.07) is -1.47. The fraction of sp³-hybridized carbons (Fsp3) is 0.969. The number of hydrogen-bond donors (Lipinski definition) is 15. The van der Waals surface area contributed by atoms with Gasteiger partial charge in [-0.25, -0.2) is 0 Å². The van der Waals surface area contributed by atoms with Gasteiger partial charge in [0.1, 0.15) is 110 Å². The fourth-order valence-corrected chi connectivity index (χ4v) is 7.28. The van der Waals surface area contributed by atoms with Crippen LogP contribution in [0.5, 0.6) is 0 Å². The minimum Gasteiger partial charge on any atom is -0.394 e. The Morgan fingerprint density at radius 1 is 0.456 bits per heavy atom. The zero-order chi connectivity index (χ0) is 42.2. The zero-order valence-corrected chi connectivity index (χ0v) is 30.9. The van der Waals surface area contributed by atoms with Gasteiger partial charge in [0.15, 0.2) is 31.5 Å². The van der Waals surface area contributed by atoms with Gasteiger partial charge in [0.05, 0.1) is 32.0 Å². The van der Waals surface area contributed by atoms with Gasteiger partial charge in [-0.2, -0.15) is 0 Å². The molecule has 0 aromatic carbocycles. The van der Waals surface area contributed by atoms with Crippen molar-refractivity contribution in [1.29, 1.82) is 0 Å². The minimum absolute atomic E-state index is 0.683. The van der Waals surface area contributed by atoms with E-state index in [1.165, 1.54) is 13.8 Å². The van der Waals surface area contributed by atoms with Crippen molar-refractivity contribution < 1.29 is 119 Å². The van der Waals surface area contributed by atoms with E-state index in [0.29, 0.717) is 0 Å². The second-order valence-electron chi connectivity index (χ2n) is 14.7. The van der Waals surface area contributed by atoms with Crippen molar-refractivity contribution in [1.82, 2.24) is 5.32 Å². The Balaban J connectivity index is 1.46. The summed E-state index contributed by atoms with van der Waals surface area (Å²) in [5.41, 5.74) is 0. The lowest BCUT2D eigenvalue weighted by molar-refractivity contribution is -0.405. The molecular formula is C32H55NO24. The lowest BCUT2D eigenvalue weighted by Crippen LogP contribution is -2.69. The number of ether oxygens (including phenoxy) is 9. The Morgan fingerprint density at radius 3 is 1.35 bits per heavy atom. The molecule has 25 heteroatoms.